The van der Waals surface area contributed by atoms with Crippen molar-refractivity contribution >= 4 is 11.9 Å². The summed E-state index contributed by atoms with van der Waals surface area (Å²) in [5, 5.41) is 11.2. The van der Waals surface area contributed by atoms with Crippen LogP contribution in [0.4, 0.5) is 4.39 Å². The summed E-state index contributed by atoms with van der Waals surface area (Å²) in [7, 11) is 0. The lowest BCUT2D eigenvalue weighted by atomic mass is 10.1. The zero-order chi connectivity index (χ0) is 13.0. The molecule has 17 heavy (non-hydrogen) atoms. The van der Waals surface area contributed by atoms with Gasteiger partial charge in [-0.1, -0.05) is 19.9 Å². The van der Waals surface area contributed by atoms with Gasteiger partial charge in [0.1, 0.15) is 5.82 Å². The van der Waals surface area contributed by atoms with Gasteiger partial charge >= 0.3 is 5.97 Å². The molecule has 0 heterocycles. The highest BCUT2D eigenvalue weighted by atomic mass is 19.1. The Balaban J connectivity index is 2.73. The molecule has 5 heteroatoms. The Morgan fingerprint density at radius 1 is 1.41 bits per heavy atom. The number of benzene rings is 1. The van der Waals surface area contributed by atoms with Crippen LogP contribution in [0.5, 0.6) is 0 Å². The van der Waals surface area contributed by atoms with Crippen LogP contribution in [0, 0.1) is 11.7 Å². The van der Waals surface area contributed by atoms with Crippen LogP contribution in [0.15, 0.2) is 18.2 Å². The number of nitrogens with one attached hydrogen (secondary N) is 1. The van der Waals surface area contributed by atoms with E-state index >= 15 is 0 Å². The first-order chi connectivity index (χ1) is 7.91. The van der Waals surface area contributed by atoms with E-state index in [2.05, 4.69) is 5.32 Å². The van der Waals surface area contributed by atoms with E-state index in [1.165, 1.54) is 12.1 Å². The molecule has 2 N–H and O–H groups in total. The smallest absolute Gasteiger partial charge is 0.335 e. The van der Waals surface area contributed by atoms with Gasteiger partial charge in [0.2, 0.25) is 5.91 Å². The molecule has 92 valence electrons. The van der Waals surface area contributed by atoms with Crippen LogP contribution >= 0.6 is 0 Å². The second-order valence-electron chi connectivity index (χ2n) is 3.98. The summed E-state index contributed by atoms with van der Waals surface area (Å²) >= 11 is 0. The predicted molar refractivity (Wildman–Crippen MR) is 60.0 cm³/mol. The normalized spacial score (nSPS) is 10.4. The number of amides is 1. The highest BCUT2D eigenvalue weighted by Gasteiger charge is 2.10. The zero-order valence-corrected chi connectivity index (χ0v) is 9.66. The Morgan fingerprint density at radius 3 is 2.53 bits per heavy atom. The fourth-order valence-electron chi connectivity index (χ4n) is 1.21. The van der Waals surface area contributed by atoms with Crippen LogP contribution in [-0.2, 0) is 11.3 Å². The quantitative estimate of drug-likeness (QED) is 0.841. The monoisotopic (exact) mass is 239 g/mol. The molecule has 0 fully saturated rings. The van der Waals surface area contributed by atoms with Crippen LogP contribution in [0.25, 0.3) is 0 Å². The van der Waals surface area contributed by atoms with Gasteiger partial charge in [0.25, 0.3) is 0 Å². The molecule has 1 aromatic carbocycles. The summed E-state index contributed by atoms with van der Waals surface area (Å²) in [6.45, 7) is 3.53. The van der Waals surface area contributed by atoms with Gasteiger partial charge < -0.3 is 10.4 Å². The van der Waals surface area contributed by atoms with Crippen molar-refractivity contribution in [3.05, 3.63) is 35.1 Å². The summed E-state index contributed by atoms with van der Waals surface area (Å²) < 4.78 is 13.4. The molecule has 0 aromatic heterocycles. The Labute approximate surface area is 98.5 Å². The van der Waals surface area contributed by atoms with Gasteiger partial charge in [0.05, 0.1) is 5.56 Å². The molecule has 1 rings (SSSR count). The molecule has 0 saturated heterocycles. The third-order valence-electron chi connectivity index (χ3n) is 2.28. The van der Waals surface area contributed by atoms with Gasteiger partial charge in [-0.15, -0.1) is 0 Å². The van der Waals surface area contributed by atoms with Crippen molar-refractivity contribution in [1.29, 1.82) is 0 Å². The average molecular weight is 239 g/mol. The summed E-state index contributed by atoms with van der Waals surface area (Å²) in [5.74, 6) is -2.15. The molecule has 0 aliphatic carbocycles. The van der Waals surface area contributed by atoms with Crippen molar-refractivity contribution in [3.8, 4) is 0 Å². The number of rotatable bonds is 4. The Hall–Kier alpha value is -1.91. The first-order valence-electron chi connectivity index (χ1n) is 5.21. The van der Waals surface area contributed by atoms with Crippen LogP contribution in [0.2, 0.25) is 0 Å². The maximum absolute atomic E-state index is 13.4. The number of carboxylic acid groups (broad SMARTS) is 1. The zero-order valence-electron chi connectivity index (χ0n) is 9.66. The van der Waals surface area contributed by atoms with Crippen molar-refractivity contribution in [2.45, 2.75) is 20.4 Å². The summed E-state index contributed by atoms with van der Waals surface area (Å²) in [6.07, 6.45) is 0. The highest BCUT2D eigenvalue weighted by Crippen LogP contribution is 2.10. The minimum absolute atomic E-state index is 0.0583. The van der Waals surface area contributed by atoms with E-state index in [0.29, 0.717) is 0 Å². The van der Waals surface area contributed by atoms with Crippen molar-refractivity contribution in [1.82, 2.24) is 5.32 Å². The predicted octanol–water partition coefficient (Wildman–Crippen LogP) is 1.80. The third kappa shape index (κ3) is 3.55. The molecule has 0 atom stereocenters. The molecule has 0 unspecified atom stereocenters. The highest BCUT2D eigenvalue weighted by molar-refractivity contribution is 5.87. The summed E-state index contributed by atoms with van der Waals surface area (Å²) in [5.41, 5.74) is 0.158. The van der Waals surface area contributed by atoms with Gasteiger partial charge in [0.15, 0.2) is 0 Å². The number of hydrogen-bond acceptors (Lipinski definition) is 2. The lowest BCUT2D eigenvalue weighted by Crippen LogP contribution is -2.27. The summed E-state index contributed by atoms with van der Waals surface area (Å²) in [4.78, 5) is 21.9. The first kappa shape index (κ1) is 13.2. The Bertz CT molecular complexity index is 443. The number of carbonyl (C=O) groups excluding carboxylic acids is 1. The molecule has 4 nitrogen and oxygen atoms in total. The molecular formula is C12H14FNO3. The number of aromatic carboxylic acids is 1. The molecule has 0 spiro atoms. The molecule has 0 aliphatic rings. The Morgan fingerprint density at radius 2 is 2.06 bits per heavy atom. The minimum atomic E-state index is -1.18. The number of carbonyl (C=O) groups is 2. The second kappa shape index (κ2) is 5.43. The van der Waals surface area contributed by atoms with Crippen molar-refractivity contribution in [2.75, 3.05) is 0 Å². The van der Waals surface area contributed by atoms with Gasteiger partial charge in [-0.05, 0) is 12.1 Å². The van der Waals surface area contributed by atoms with Crippen LogP contribution in [-0.4, -0.2) is 17.0 Å². The fourth-order valence-corrected chi connectivity index (χ4v) is 1.21. The number of hydrogen-bond donors (Lipinski definition) is 2. The maximum Gasteiger partial charge on any atom is 0.335 e. The van der Waals surface area contributed by atoms with Crippen LogP contribution in [0.3, 0.4) is 0 Å². The summed E-state index contributed by atoms with van der Waals surface area (Å²) in [6, 6.07) is 3.61. The SMILES string of the molecule is CC(C)C(=O)NCc1ccc(C(=O)O)cc1F. The van der Waals surface area contributed by atoms with E-state index in [9.17, 15) is 14.0 Å². The van der Waals surface area contributed by atoms with Gasteiger partial charge in [-0.2, -0.15) is 0 Å². The first-order valence-corrected chi connectivity index (χ1v) is 5.21. The number of carboxylic acids is 1. The Kier molecular flexibility index (Phi) is 4.20. The van der Waals surface area contributed by atoms with Crippen molar-refractivity contribution in [2.24, 2.45) is 5.92 Å². The minimum Gasteiger partial charge on any atom is -0.478 e. The molecule has 1 amide bonds. The molecule has 1 aromatic rings. The lowest BCUT2D eigenvalue weighted by molar-refractivity contribution is -0.124. The topological polar surface area (TPSA) is 66.4 Å². The van der Waals surface area contributed by atoms with Crippen LogP contribution < -0.4 is 5.32 Å². The molecule has 0 radical (unpaired) electrons. The fraction of sp³-hybridized carbons (Fsp3) is 0.333. The van der Waals surface area contributed by atoms with E-state index in [1.54, 1.807) is 13.8 Å². The van der Waals surface area contributed by atoms with Crippen molar-refractivity contribution in [3.63, 3.8) is 0 Å². The van der Waals surface area contributed by atoms with Crippen molar-refractivity contribution < 1.29 is 19.1 Å². The molecule has 0 aliphatic heterocycles. The molecule has 0 bridgehead atoms. The largest absolute Gasteiger partial charge is 0.478 e. The van der Waals surface area contributed by atoms with E-state index in [1.807, 2.05) is 0 Å². The van der Waals surface area contributed by atoms with Gasteiger partial charge in [0, 0.05) is 18.0 Å². The van der Waals surface area contributed by atoms with Gasteiger partial charge in [-0.3, -0.25) is 4.79 Å². The molecule has 0 saturated carbocycles. The van der Waals surface area contributed by atoms with E-state index < -0.39 is 11.8 Å². The number of halogens is 1. The van der Waals surface area contributed by atoms with Crippen LogP contribution in [0.1, 0.15) is 29.8 Å². The van der Waals surface area contributed by atoms with E-state index in [-0.39, 0.29) is 29.5 Å². The maximum atomic E-state index is 13.4. The lowest BCUT2D eigenvalue weighted by Gasteiger charge is -2.08. The van der Waals surface area contributed by atoms with E-state index in [0.717, 1.165) is 6.07 Å². The standard InChI is InChI=1S/C12H14FNO3/c1-7(2)11(15)14-6-9-4-3-8(12(16)17)5-10(9)13/h3-5,7H,6H2,1-2H3,(H,14,15)(H,16,17). The van der Waals surface area contributed by atoms with E-state index in [4.69, 9.17) is 5.11 Å². The third-order valence-corrected chi connectivity index (χ3v) is 2.28. The van der Waals surface area contributed by atoms with Gasteiger partial charge in [-0.25, -0.2) is 9.18 Å². The second-order valence-corrected chi connectivity index (χ2v) is 3.98. The molecular weight excluding hydrogens is 225 g/mol. The average Bonchev–Trinajstić information content (AvgIpc) is 2.26.